The molecule has 324 valence electrons. The predicted molar refractivity (Wildman–Crippen MR) is 242 cm³/mol. The van der Waals surface area contributed by atoms with Gasteiger partial charge < -0.3 is 39.0 Å². The topological polar surface area (TPSA) is 123 Å². The Kier molecular flexibility index (Phi) is 12.7. The Morgan fingerprint density at radius 3 is 1.72 bits per heavy atom. The van der Waals surface area contributed by atoms with Crippen LogP contribution in [0.25, 0.3) is 44.3 Å². The van der Waals surface area contributed by atoms with Gasteiger partial charge in [0.25, 0.3) is 0 Å². The number of carbonyl (C=O) groups excluding carboxylic acids is 2. The maximum atomic E-state index is 13.5. The Balaban J connectivity index is 0.000000196. The number of rotatable bonds is 2. The van der Waals surface area contributed by atoms with Gasteiger partial charge in [0.2, 0.25) is 0 Å². The summed E-state index contributed by atoms with van der Waals surface area (Å²) in [6, 6.07) is 24.9. The smallest absolute Gasteiger partial charge is 0.320 e. The van der Waals surface area contributed by atoms with Gasteiger partial charge in [-0.05, 0) is 109 Å². The molecule has 6 heterocycles. The Labute approximate surface area is 360 Å². The van der Waals surface area contributed by atoms with Crippen molar-refractivity contribution in [2.24, 2.45) is 5.92 Å². The number of nitrogens with zero attached hydrogens (tertiary/aromatic N) is 6. The number of benzene rings is 4. The molecule has 12 nitrogen and oxygen atoms in total. The highest BCUT2D eigenvalue weighted by atomic mass is 19.1. The Morgan fingerprint density at radius 2 is 1.15 bits per heavy atom. The molecule has 0 radical (unpaired) electrons. The maximum Gasteiger partial charge on any atom is 0.320 e. The number of ether oxygens (including phenoxy) is 2. The Bertz CT molecular complexity index is 2480. The van der Waals surface area contributed by atoms with E-state index in [1.165, 1.54) is 0 Å². The number of amides is 4. The van der Waals surface area contributed by atoms with Gasteiger partial charge in [0, 0.05) is 40.2 Å². The van der Waals surface area contributed by atoms with E-state index in [9.17, 15) is 14.0 Å². The van der Waals surface area contributed by atoms with Gasteiger partial charge in [0.15, 0.2) is 0 Å². The highest BCUT2D eigenvalue weighted by molar-refractivity contribution is 5.83. The summed E-state index contributed by atoms with van der Waals surface area (Å²) in [6.07, 6.45) is 3.95. The van der Waals surface area contributed by atoms with Crippen molar-refractivity contribution in [2.75, 3.05) is 52.5 Å². The van der Waals surface area contributed by atoms with E-state index in [1.54, 1.807) is 11.2 Å². The second kappa shape index (κ2) is 18.7. The average molecular weight is 833 g/mol. The molecule has 2 saturated heterocycles. The van der Waals surface area contributed by atoms with Crippen molar-refractivity contribution in [3.63, 3.8) is 0 Å². The third kappa shape index (κ3) is 9.45. The van der Waals surface area contributed by atoms with Gasteiger partial charge in [-0.25, -0.2) is 23.9 Å². The summed E-state index contributed by atoms with van der Waals surface area (Å²) < 4.78 is 25.3. The summed E-state index contributed by atoms with van der Waals surface area (Å²) in [5.41, 5.74) is 10.4. The zero-order valence-electron chi connectivity index (χ0n) is 35.8. The quantitative estimate of drug-likeness (QED) is 0.179. The van der Waals surface area contributed by atoms with Crippen molar-refractivity contribution in [1.29, 1.82) is 0 Å². The summed E-state index contributed by atoms with van der Waals surface area (Å²) in [4.78, 5) is 48.8. The molecule has 4 aliphatic rings. The minimum Gasteiger partial charge on any atom is -0.491 e. The van der Waals surface area contributed by atoms with Gasteiger partial charge >= 0.3 is 12.1 Å². The molecule has 10 rings (SSSR count). The molecule has 4 amide bonds. The van der Waals surface area contributed by atoms with Crippen LogP contribution in [0.3, 0.4) is 0 Å². The highest BCUT2D eigenvalue weighted by Gasteiger charge is 2.29. The minimum atomic E-state index is -0.791. The molecule has 2 fully saturated rings. The first-order chi connectivity index (χ1) is 29.7. The number of carbonyl (C=O) groups is 2. The second-order valence-electron chi connectivity index (χ2n) is 16.3. The zero-order valence-corrected chi connectivity index (χ0v) is 35.8. The van der Waals surface area contributed by atoms with E-state index in [1.807, 2.05) is 65.8 Å². The number of likely N-dealkylation sites (tertiary alicyclic amines) is 2. The molecule has 0 saturated carbocycles. The van der Waals surface area contributed by atoms with E-state index >= 15 is 0 Å². The number of urea groups is 2. The number of nitrogens with one attached hydrogen (secondary N) is 2. The summed E-state index contributed by atoms with van der Waals surface area (Å²) in [5.74, 6) is 3.29. The molecule has 61 heavy (non-hydrogen) atoms. The number of H-pyrrole nitrogens is 2. The van der Waals surface area contributed by atoms with Crippen LogP contribution < -0.4 is 9.47 Å². The van der Waals surface area contributed by atoms with E-state index in [-0.39, 0.29) is 14.9 Å². The van der Waals surface area contributed by atoms with E-state index in [0.29, 0.717) is 71.2 Å². The Morgan fingerprint density at radius 1 is 0.656 bits per heavy atom. The third-order valence-corrected chi connectivity index (χ3v) is 12.1. The average Bonchev–Trinajstić information content (AvgIpc) is 3.77. The molecule has 4 aromatic carbocycles. The largest absolute Gasteiger partial charge is 0.491 e. The lowest BCUT2D eigenvalue weighted by molar-refractivity contribution is 0.117. The molecule has 6 aromatic rings. The number of fused-ring (bicyclic) bond motifs is 4. The van der Waals surface area contributed by atoms with Crippen molar-refractivity contribution in [1.82, 2.24) is 39.5 Å². The highest BCUT2D eigenvalue weighted by Crippen LogP contribution is 2.33. The van der Waals surface area contributed by atoms with Crippen LogP contribution >= 0.6 is 0 Å². The minimum absolute atomic E-state index is 0. The van der Waals surface area contributed by atoms with Crippen LogP contribution in [0.2, 0.25) is 0 Å². The van der Waals surface area contributed by atoms with Gasteiger partial charge in [-0.1, -0.05) is 45.0 Å². The maximum absolute atomic E-state index is 13.5. The number of aryl methyl sites for hydroxylation is 1. The zero-order chi connectivity index (χ0) is 42.5. The lowest BCUT2D eigenvalue weighted by Gasteiger charge is -2.34. The van der Waals surface area contributed by atoms with Crippen LogP contribution in [0.1, 0.15) is 66.3 Å². The van der Waals surface area contributed by atoms with Gasteiger partial charge in [-0.3, -0.25) is 0 Å². The van der Waals surface area contributed by atoms with Crippen molar-refractivity contribution in [2.45, 2.75) is 72.6 Å². The molecule has 13 heteroatoms. The normalized spacial score (nSPS) is 17.1. The molecule has 0 aliphatic carbocycles. The van der Waals surface area contributed by atoms with Gasteiger partial charge in [-0.2, -0.15) is 0 Å². The lowest BCUT2D eigenvalue weighted by Crippen LogP contribution is -2.47. The number of imidazole rings is 2. The molecule has 2 aromatic heterocycles. The number of halogens is 1. The van der Waals surface area contributed by atoms with Crippen LogP contribution in [0.5, 0.6) is 11.5 Å². The SMILES string of the molecule is CC.CC1CCN(C(=O)N2CCOc3ccc(-c4ccc5nc[nH]c5c4)cc3C2)CC1.Cc1nc2ccc(-c3ccc4c(c3)CN(C(=O)N3CCC(F)CC3)CCO4)cc2[nH]1.[HH].[HH]. The van der Waals surface area contributed by atoms with E-state index in [0.717, 1.165) is 98.7 Å². The lowest BCUT2D eigenvalue weighted by atomic mass is 9.99. The first-order valence-corrected chi connectivity index (χ1v) is 21.9. The monoisotopic (exact) mass is 832 g/mol. The summed E-state index contributed by atoms with van der Waals surface area (Å²) in [6.45, 7) is 14.1. The van der Waals surface area contributed by atoms with Crippen LogP contribution in [-0.2, 0) is 13.1 Å². The second-order valence-corrected chi connectivity index (χ2v) is 16.3. The van der Waals surface area contributed by atoms with Crippen LogP contribution in [0.15, 0.2) is 79.1 Å². The number of alkyl halides is 1. The fourth-order valence-corrected chi connectivity index (χ4v) is 8.55. The fraction of sp³-hybridized carbons (Fsp3) is 0.417. The Hall–Kier alpha value is -6.11. The van der Waals surface area contributed by atoms with Crippen molar-refractivity contribution in [3.05, 3.63) is 96.1 Å². The first-order valence-electron chi connectivity index (χ1n) is 21.9. The summed E-state index contributed by atoms with van der Waals surface area (Å²) in [7, 11) is 0. The number of hydrogen-bond acceptors (Lipinski definition) is 6. The molecule has 2 N–H and O–H groups in total. The molecule has 4 aliphatic heterocycles. The summed E-state index contributed by atoms with van der Waals surface area (Å²) >= 11 is 0. The molecular weight excluding hydrogens is 772 g/mol. The predicted octanol–water partition coefficient (Wildman–Crippen LogP) is 10.1. The standard InChI is InChI=1S/C23H25FN4O2.C23H26N4O2.C2H6.2H2/c1-15-25-20-4-2-17(13-21(20)26-15)16-3-5-22-18(12-16)14-28(10-11-30-22)23(29)27-8-6-19(24)7-9-27;1-16-6-8-26(9-7-16)23(28)27-10-11-29-22-5-3-17(12-19(22)14-27)18-2-4-20-21(13-18)25-15-24-20;1-2;;/h2-5,12-13,19H,6-11,14H2,1H3,(H,25,26);2-5,12-13,15-16H,6-11,14H2,1H3,(H,24,25);1-2H3;2*1H. The van der Waals surface area contributed by atoms with Crippen molar-refractivity contribution < 1.29 is 26.3 Å². The molecular formula is C48H61FN8O4. The van der Waals surface area contributed by atoms with E-state index in [2.05, 4.69) is 69.3 Å². The summed E-state index contributed by atoms with van der Waals surface area (Å²) in [5, 5.41) is 0. The number of aromatic nitrogens is 4. The van der Waals surface area contributed by atoms with Gasteiger partial charge in [0.05, 0.1) is 54.6 Å². The van der Waals surface area contributed by atoms with Crippen LogP contribution in [-0.4, -0.2) is 110 Å². The van der Waals surface area contributed by atoms with Crippen molar-refractivity contribution >= 4 is 34.1 Å². The molecule has 0 unspecified atom stereocenters. The molecule has 0 bridgehead atoms. The first kappa shape index (κ1) is 41.6. The van der Waals surface area contributed by atoms with Gasteiger partial charge in [-0.15, -0.1) is 0 Å². The van der Waals surface area contributed by atoms with E-state index < -0.39 is 6.17 Å². The van der Waals surface area contributed by atoms with Crippen LogP contribution in [0.4, 0.5) is 14.0 Å². The number of hydrogen-bond donors (Lipinski definition) is 2. The van der Waals surface area contributed by atoms with Gasteiger partial charge in [0.1, 0.15) is 36.7 Å². The third-order valence-electron chi connectivity index (χ3n) is 12.1. The molecule has 0 atom stereocenters. The number of piperidine rings is 2. The molecule has 0 spiro atoms. The van der Waals surface area contributed by atoms with Crippen LogP contribution in [0, 0.1) is 12.8 Å². The number of aromatic amines is 2. The van der Waals surface area contributed by atoms with Crippen molar-refractivity contribution in [3.8, 4) is 33.8 Å². The van der Waals surface area contributed by atoms with E-state index in [4.69, 9.17) is 9.47 Å². The fourth-order valence-electron chi connectivity index (χ4n) is 8.55.